The van der Waals surface area contributed by atoms with Gasteiger partial charge >= 0.3 is 0 Å². The minimum absolute atomic E-state index is 0.133. The Morgan fingerprint density at radius 2 is 1.62 bits per heavy atom. The molecule has 3 rings (SSSR count). The molecule has 1 aliphatic rings. The van der Waals surface area contributed by atoms with Crippen molar-refractivity contribution < 1.29 is 14.6 Å². The van der Waals surface area contributed by atoms with E-state index in [1.54, 1.807) is 12.1 Å². The van der Waals surface area contributed by atoms with Crippen LogP contribution in [0.5, 0.6) is 0 Å². The molecule has 0 saturated carbocycles. The van der Waals surface area contributed by atoms with E-state index in [-0.39, 0.29) is 11.3 Å². The lowest BCUT2D eigenvalue weighted by Gasteiger charge is -2.38. The van der Waals surface area contributed by atoms with Crippen molar-refractivity contribution in [3.05, 3.63) is 71.8 Å². The van der Waals surface area contributed by atoms with Crippen LogP contribution in [-0.2, 0) is 14.9 Å². The van der Waals surface area contributed by atoms with Gasteiger partial charge in [0, 0.05) is 25.2 Å². The van der Waals surface area contributed by atoms with Gasteiger partial charge in [-0.3, -0.25) is 4.79 Å². The minimum atomic E-state index is -1.14. The standard InChI is InChI=1S/C20H23NO3/c22-18(16-7-3-1-4-8-16)19(23)21-15-20(11-13-24-14-12-20)17-9-5-2-6-10-17/h1-10,18,22H,11-15H2,(H,21,23). The van der Waals surface area contributed by atoms with Gasteiger partial charge in [0.05, 0.1) is 0 Å². The number of hydrogen-bond acceptors (Lipinski definition) is 3. The first-order valence-electron chi connectivity index (χ1n) is 8.35. The second kappa shape index (κ2) is 7.60. The summed E-state index contributed by atoms with van der Waals surface area (Å²) in [6.07, 6.45) is 0.580. The van der Waals surface area contributed by atoms with Crippen LogP contribution in [0.3, 0.4) is 0 Å². The highest BCUT2D eigenvalue weighted by Gasteiger charge is 2.35. The Balaban J connectivity index is 1.71. The van der Waals surface area contributed by atoms with Crippen LogP contribution in [-0.4, -0.2) is 30.8 Å². The van der Waals surface area contributed by atoms with Gasteiger partial charge in [-0.2, -0.15) is 0 Å². The smallest absolute Gasteiger partial charge is 0.253 e. The average Bonchev–Trinajstić information content (AvgIpc) is 2.67. The molecule has 24 heavy (non-hydrogen) atoms. The first kappa shape index (κ1) is 16.7. The molecule has 4 heteroatoms. The molecule has 0 aromatic heterocycles. The third kappa shape index (κ3) is 3.66. The number of carbonyl (C=O) groups is 1. The van der Waals surface area contributed by atoms with Gasteiger partial charge in [-0.05, 0) is 24.0 Å². The number of ether oxygens (including phenoxy) is 1. The molecule has 2 N–H and O–H groups in total. The van der Waals surface area contributed by atoms with Gasteiger partial charge in [-0.1, -0.05) is 60.7 Å². The molecule has 4 nitrogen and oxygen atoms in total. The van der Waals surface area contributed by atoms with Crippen LogP contribution in [0.15, 0.2) is 60.7 Å². The van der Waals surface area contributed by atoms with Gasteiger partial charge in [0.15, 0.2) is 6.10 Å². The van der Waals surface area contributed by atoms with Gasteiger partial charge in [0.2, 0.25) is 0 Å². The summed E-state index contributed by atoms with van der Waals surface area (Å²) >= 11 is 0. The van der Waals surface area contributed by atoms with Gasteiger partial charge in [0.25, 0.3) is 5.91 Å². The number of benzene rings is 2. The molecule has 0 aliphatic carbocycles. The summed E-state index contributed by atoms with van der Waals surface area (Å²) < 4.78 is 5.51. The van der Waals surface area contributed by atoms with Gasteiger partial charge in [0.1, 0.15) is 0 Å². The van der Waals surface area contributed by atoms with E-state index in [4.69, 9.17) is 4.74 Å². The fourth-order valence-electron chi connectivity index (χ4n) is 3.26. The zero-order valence-electron chi connectivity index (χ0n) is 13.7. The van der Waals surface area contributed by atoms with Crippen molar-refractivity contribution in [3.8, 4) is 0 Å². The van der Waals surface area contributed by atoms with Crippen LogP contribution in [0.25, 0.3) is 0 Å². The summed E-state index contributed by atoms with van der Waals surface area (Å²) in [7, 11) is 0. The molecule has 2 aromatic rings. The highest BCUT2D eigenvalue weighted by molar-refractivity contribution is 5.82. The van der Waals surface area contributed by atoms with E-state index in [1.807, 2.05) is 36.4 Å². The van der Waals surface area contributed by atoms with Crippen LogP contribution >= 0.6 is 0 Å². The maximum absolute atomic E-state index is 12.4. The Kier molecular flexibility index (Phi) is 5.28. The molecular weight excluding hydrogens is 302 g/mol. The van der Waals surface area contributed by atoms with Crippen molar-refractivity contribution in [2.75, 3.05) is 19.8 Å². The molecule has 0 spiro atoms. The third-order valence-corrected chi connectivity index (χ3v) is 4.80. The number of carbonyl (C=O) groups excluding carboxylic acids is 1. The van der Waals surface area contributed by atoms with E-state index in [1.165, 1.54) is 5.56 Å². The monoisotopic (exact) mass is 325 g/mol. The van der Waals surface area contributed by atoms with E-state index < -0.39 is 6.10 Å². The lowest BCUT2D eigenvalue weighted by atomic mass is 9.74. The van der Waals surface area contributed by atoms with Crippen LogP contribution in [0.4, 0.5) is 0 Å². The number of aliphatic hydroxyl groups excluding tert-OH is 1. The van der Waals surface area contributed by atoms with Crippen molar-refractivity contribution in [2.24, 2.45) is 0 Å². The molecule has 1 unspecified atom stereocenters. The number of nitrogens with one attached hydrogen (secondary N) is 1. The molecule has 1 fully saturated rings. The maximum Gasteiger partial charge on any atom is 0.253 e. The number of hydrogen-bond donors (Lipinski definition) is 2. The highest BCUT2D eigenvalue weighted by Crippen LogP contribution is 2.34. The second-order valence-corrected chi connectivity index (χ2v) is 6.29. The molecule has 126 valence electrons. The summed E-state index contributed by atoms with van der Waals surface area (Å²) in [5.41, 5.74) is 1.68. The lowest BCUT2D eigenvalue weighted by Crippen LogP contribution is -2.45. The van der Waals surface area contributed by atoms with Crippen LogP contribution < -0.4 is 5.32 Å². The molecular formula is C20H23NO3. The van der Waals surface area contributed by atoms with E-state index in [2.05, 4.69) is 17.4 Å². The summed E-state index contributed by atoms with van der Waals surface area (Å²) in [6.45, 7) is 1.88. The molecule has 1 amide bonds. The normalized spacial score (nSPS) is 17.9. The largest absolute Gasteiger partial charge is 0.381 e. The van der Waals surface area contributed by atoms with Gasteiger partial charge < -0.3 is 15.2 Å². The van der Waals surface area contributed by atoms with Gasteiger partial charge in [-0.15, -0.1) is 0 Å². The first-order valence-corrected chi connectivity index (χ1v) is 8.35. The number of rotatable bonds is 5. The predicted octanol–water partition coefficient (Wildman–Crippen LogP) is 2.58. The zero-order chi connectivity index (χ0) is 16.8. The second-order valence-electron chi connectivity index (χ2n) is 6.29. The van der Waals surface area contributed by atoms with Crippen molar-refractivity contribution >= 4 is 5.91 Å². The quantitative estimate of drug-likeness (QED) is 0.888. The van der Waals surface area contributed by atoms with Crippen LogP contribution in [0, 0.1) is 0 Å². The Hall–Kier alpha value is -2.17. The fraction of sp³-hybridized carbons (Fsp3) is 0.350. The Labute approximate surface area is 142 Å². The van der Waals surface area contributed by atoms with Crippen molar-refractivity contribution in [3.63, 3.8) is 0 Å². The minimum Gasteiger partial charge on any atom is -0.381 e. The number of amides is 1. The number of aliphatic hydroxyl groups is 1. The molecule has 1 atom stereocenters. The molecule has 2 aromatic carbocycles. The molecule has 1 saturated heterocycles. The molecule has 1 heterocycles. The summed E-state index contributed by atoms with van der Waals surface area (Å²) in [5, 5.41) is 13.2. The zero-order valence-corrected chi connectivity index (χ0v) is 13.7. The van der Waals surface area contributed by atoms with Gasteiger partial charge in [-0.25, -0.2) is 0 Å². The van der Waals surface area contributed by atoms with Crippen molar-refractivity contribution in [1.29, 1.82) is 0 Å². The third-order valence-electron chi connectivity index (χ3n) is 4.80. The lowest BCUT2D eigenvalue weighted by molar-refractivity contribution is -0.130. The average molecular weight is 325 g/mol. The van der Waals surface area contributed by atoms with E-state index >= 15 is 0 Å². The Morgan fingerprint density at radius 1 is 1.04 bits per heavy atom. The maximum atomic E-state index is 12.4. The van der Waals surface area contributed by atoms with E-state index in [0.29, 0.717) is 25.3 Å². The van der Waals surface area contributed by atoms with E-state index in [9.17, 15) is 9.90 Å². The highest BCUT2D eigenvalue weighted by atomic mass is 16.5. The topological polar surface area (TPSA) is 58.6 Å². The molecule has 0 radical (unpaired) electrons. The summed E-state index contributed by atoms with van der Waals surface area (Å²) in [5.74, 6) is -0.358. The first-order chi connectivity index (χ1) is 11.7. The molecule has 1 aliphatic heterocycles. The Bertz CT molecular complexity index is 651. The molecule has 0 bridgehead atoms. The Morgan fingerprint density at radius 3 is 2.25 bits per heavy atom. The summed E-state index contributed by atoms with van der Waals surface area (Å²) in [4.78, 5) is 12.4. The SMILES string of the molecule is O=C(NCC1(c2ccccc2)CCOCC1)C(O)c1ccccc1. The fourth-order valence-corrected chi connectivity index (χ4v) is 3.26. The predicted molar refractivity (Wildman–Crippen MR) is 92.6 cm³/mol. The van der Waals surface area contributed by atoms with Crippen molar-refractivity contribution in [2.45, 2.75) is 24.4 Å². The summed E-state index contributed by atoms with van der Waals surface area (Å²) in [6, 6.07) is 19.2. The van der Waals surface area contributed by atoms with E-state index in [0.717, 1.165) is 12.8 Å². The van der Waals surface area contributed by atoms with Crippen LogP contribution in [0.2, 0.25) is 0 Å². The van der Waals surface area contributed by atoms with Crippen LogP contribution in [0.1, 0.15) is 30.1 Å². The van der Waals surface area contributed by atoms with Crippen molar-refractivity contribution in [1.82, 2.24) is 5.32 Å².